The fraction of sp³-hybridized carbons (Fsp3) is 0. The Morgan fingerprint density at radius 3 is 2.79 bits per heavy atom. The molecule has 2 nitrogen and oxygen atoms in total. The Labute approximate surface area is 98.0 Å². The van der Waals surface area contributed by atoms with Crippen LogP contribution in [0, 0.1) is 0 Å². The summed E-state index contributed by atoms with van der Waals surface area (Å²) in [5, 5.41) is 1.16. The summed E-state index contributed by atoms with van der Waals surface area (Å²) in [5.74, 6) is 0. The number of hydrogen-bond donors (Lipinski definition) is 0. The van der Waals surface area contributed by atoms with Crippen molar-refractivity contribution in [1.82, 2.24) is 4.37 Å². The lowest BCUT2D eigenvalue weighted by molar-refractivity contribution is 1.37. The molecule has 0 N–H and O–H groups in total. The lowest BCUT2D eigenvalue weighted by atomic mass is 10.3. The third-order valence-corrected chi connectivity index (χ3v) is 3.63. The van der Waals surface area contributed by atoms with Crippen LogP contribution in [0.2, 0.25) is 10.0 Å². The van der Waals surface area contributed by atoms with Gasteiger partial charge in [-0.05, 0) is 28.5 Å². The molecule has 72 valence electrons. The quantitative estimate of drug-likeness (QED) is 0.719. The number of aromatic nitrogens is 1. The molecule has 0 aliphatic rings. The monoisotopic (exact) mass is 262 g/mol. The smallest absolute Gasteiger partial charge is 0.147 e. The van der Waals surface area contributed by atoms with Gasteiger partial charge >= 0.3 is 0 Å². The molecule has 0 saturated carbocycles. The molecular weight excluding hydrogens is 259 g/mol. The Kier molecular flexibility index (Phi) is 3.18. The zero-order chi connectivity index (χ0) is 9.97. The standard InChI is InChI=1S/C8H4Cl2N2S2/c9-5-1-2-7(6(10)3-5)12-8-4-11-14-13-8/h1-4H. The summed E-state index contributed by atoms with van der Waals surface area (Å²) in [7, 11) is 2.90. The van der Waals surface area contributed by atoms with Crippen LogP contribution in [0.5, 0.6) is 0 Å². The van der Waals surface area contributed by atoms with Crippen molar-refractivity contribution in [2.24, 2.45) is 4.99 Å². The second-order valence-corrected chi connectivity index (χ2v) is 5.17. The zero-order valence-corrected chi connectivity index (χ0v) is 9.92. The second-order valence-electron chi connectivity index (χ2n) is 2.44. The predicted molar refractivity (Wildman–Crippen MR) is 61.7 cm³/mol. The molecular formula is C8H4Cl2N2S2. The van der Waals surface area contributed by atoms with Gasteiger partial charge in [-0.25, -0.2) is 4.99 Å². The van der Waals surface area contributed by atoms with E-state index in [0.717, 1.165) is 4.67 Å². The van der Waals surface area contributed by atoms with Crippen LogP contribution in [0.15, 0.2) is 29.4 Å². The van der Waals surface area contributed by atoms with Gasteiger partial charge in [-0.1, -0.05) is 23.2 Å². The average Bonchev–Trinajstić information content (AvgIpc) is 2.62. The van der Waals surface area contributed by atoms with E-state index in [-0.39, 0.29) is 0 Å². The highest BCUT2D eigenvalue weighted by molar-refractivity contribution is 7.65. The highest BCUT2D eigenvalue weighted by Crippen LogP contribution is 2.27. The van der Waals surface area contributed by atoms with Crippen molar-refractivity contribution in [2.75, 3.05) is 0 Å². The van der Waals surface area contributed by atoms with E-state index in [0.29, 0.717) is 15.7 Å². The summed E-state index contributed by atoms with van der Waals surface area (Å²) in [5.41, 5.74) is 0.715. The van der Waals surface area contributed by atoms with E-state index < -0.39 is 0 Å². The molecule has 0 unspecified atom stereocenters. The third kappa shape index (κ3) is 2.33. The molecule has 1 heterocycles. The molecule has 2 rings (SSSR count). The molecule has 1 aromatic heterocycles. The molecule has 0 amide bonds. The van der Waals surface area contributed by atoms with Crippen LogP contribution < -0.4 is 4.67 Å². The topological polar surface area (TPSA) is 25.2 Å². The fourth-order valence-corrected chi connectivity index (χ4v) is 2.63. The lowest BCUT2D eigenvalue weighted by Crippen LogP contribution is -1.88. The second kappa shape index (κ2) is 4.40. The van der Waals surface area contributed by atoms with E-state index in [1.807, 2.05) is 0 Å². The molecule has 1 aromatic carbocycles. The van der Waals surface area contributed by atoms with Crippen molar-refractivity contribution in [3.63, 3.8) is 0 Å². The number of benzene rings is 1. The Hall–Kier alpha value is -0.420. The largest absolute Gasteiger partial charge is 0.234 e. The van der Waals surface area contributed by atoms with Crippen molar-refractivity contribution in [3.05, 3.63) is 39.1 Å². The summed E-state index contributed by atoms with van der Waals surface area (Å²) in [6, 6.07) is 5.22. The lowest BCUT2D eigenvalue weighted by Gasteiger charge is -1.96. The van der Waals surface area contributed by atoms with Crippen LogP contribution in [0.1, 0.15) is 0 Å². The summed E-state index contributed by atoms with van der Waals surface area (Å²) in [6.07, 6.45) is 1.71. The third-order valence-electron chi connectivity index (χ3n) is 1.47. The van der Waals surface area contributed by atoms with Crippen molar-refractivity contribution in [2.45, 2.75) is 0 Å². The molecule has 0 aliphatic heterocycles. The summed E-state index contributed by atoms with van der Waals surface area (Å²) in [4.78, 5) is 4.32. The van der Waals surface area contributed by atoms with Crippen molar-refractivity contribution in [3.8, 4) is 0 Å². The van der Waals surface area contributed by atoms with E-state index in [2.05, 4.69) is 9.37 Å². The predicted octanol–water partition coefficient (Wildman–Crippen LogP) is 3.74. The molecule has 6 heteroatoms. The minimum absolute atomic E-state index is 0.552. The molecule has 0 spiro atoms. The van der Waals surface area contributed by atoms with E-state index in [4.69, 9.17) is 23.2 Å². The first-order chi connectivity index (χ1) is 6.75. The Balaban J connectivity index is 2.49. The van der Waals surface area contributed by atoms with Gasteiger partial charge in [0, 0.05) is 15.6 Å². The van der Waals surface area contributed by atoms with Gasteiger partial charge in [0.2, 0.25) is 0 Å². The first-order valence-electron chi connectivity index (χ1n) is 3.66. The van der Waals surface area contributed by atoms with E-state index in [1.165, 1.54) is 20.9 Å². The number of rotatable bonds is 1. The summed E-state index contributed by atoms with van der Waals surface area (Å²) >= 11 is 11.7. The van der Waals surface area contributed by atoms with E-state index in [1.54, 1.807) is 24.4 Å². The van der Waals surface area contributed by atoms with Crippen molar-refractivity contribution >= 4 is 49.8 Å². The number of halogens is 2. The van der Waals surface area contributed by atoms with Crippen LogP contribution in [0.25, 0.3) is 0 Å². The van der Waals surface area contributed by atoms with Crippen LogP contribution in [-0.2, 0) is 0 Å². The fourth-order valence-electron chi connectivity index (χ4n) is 0.886. The zero-order valence-electron chi connectivity index (χ0n) is 6.78. The SMILES string of the molecule is Clc1ccc(N=c2cnss2)c(Cl)c1. The number of hydrogen-bond acceptors (Lipinski definition) is 4. The highest BCUT2D eigenvalue weighted by Gasteiger charge is 1.98. The van der Waals surface area contributed by atoms with Gasteiger partial charge < -0.3 is 0 Å². The van der Waals surface area contributed by atoms with Gasteiger partial charge in [-0.3, -0.25) is 0 Å². The normalized spacial score (nSPS) is 12.0. The molecule has 0 radical (unpaired) electrons. The number of nitrogens with zero attached hydrogens (tertiary/aromatic N) is 2. The summed E-state index contributed by atoms with van der Waals surface area (Å²) < 4.78 is 4.81. The Morgan fingerprint density at radius 2 is 2.14 bits per heavy atom. The Morgan fingerprint density at radius 1 is 1.29 bits per heavy atom. The van der Waals surface area contributed by atoms with Gasteiger partial charge in [0.05, 0.1) is 16.9 Å². The van der Waals surface area contributed by atoms with Gasteiger partial charge in [0.15, 0.2) is 0 Å². The van der Waals surface area contributed by atoms with Gasteiger partial charge in [-0.15, -0.1) is 0 Å². The van der Waals surface area contributed by atoms with Crippen LogP contribution in [-0.4, -0.2) is 4.37 Å². The average molecular weight is 263 g/mol. The molecule has 0 saturated heterocycles. The van der Waals surface area contributed by atoms with Gasteiger partial charge in [0.1, 0.15) is 4.67 Å². The van der Waals surface area contributed by atoms with Crippen LogP contribution >= 0.6 is 44.1 Å². The van der Waals surface area contributed by atoms with E-state index in [9.17, 15) is 0 Å². The van der Waals surface area contributed by atoms with E-state index >= 15 is 0 Å². The minimum atomic E-state index is 0.552. The molecule has 0 atom stereocenters. The molecule has 0 bridgehead atoms. The maximum absolute atomic E-state index is 5.96. The summed E-state index contributed by atoms with van der Waals surface area (Å²) in [6.45, 7) is 0. The molecule has 14 heavy (non-hydrogen) atoms. The minimum Gasteiger partial charge on any atom is -0.234 e. The maximum atomic E-state index is 5.96. The highest BCUT2D eigenvalue weighted by atomic mass is 35.5. The van der Waals surface area contributed by atoms with Gasteiger partial charge in [0.25, 0.3) is 0 Å². The van der Waals surface area contributed by atoms with Crippen molar-refractivity contribution < 1.29 is 0 Å². The first kappa shape index (κ1) is 10.1. The first-order valence-corrected chi connectivity index (χ1v) is 6.53. The molecule has 2 aromatic rings. The van der Waals surface area contributed by atoms with Gasteiger partial charge in [-0.2, -0.15) is 4.37 Å². The van der Waals surface area contributed by atoms with Crippen LogP contribution in [0.3, 0.4) is 0 Å². The Bertz CT molecular complexity index is 487. The maximum Gasteiger partial charge on any atom is 0.147 e. The molecule has 0 aliphatic carbocycles. The van der Waals surface area contributed by atoms with Crippen molar-refractivity contribution in [1.29, 1.82) is 0 Å². The van der Waals surface area contributed by atoms with Crippen LogP contribution in [0.4, 0.5) is 5.69 Å². The molecule has 0 fully saturated rings.